The molecule has 1 aliphatic heterocycles. The van der Waals surface area contributed by atoms with Gasteiger partial charge in [0.15, 0.2) is 5.69 Å². The lowest BCUT2D eigenvalue weighted by molar-refractivity contribution is 0.0277. The van der Waals surface area contributed by atoms with Crippen LogP contribution in [0.25, 0.3) is 11.5 Å². The molecule has 6 heteroatoms. The van der Waals surface area contributed by atoms with Crippen LogP contribution in [0.15, 0.2) is 65.3 Å². The smallest absolute Gasteiger partial charge is 0.277 e. The molecule has 0 bridgehead atoms. The first-order valence-corrected chi connectivity index (χ1v) is 8.54. The largest absolute Gasteiger partial charge is 0.444 e. The zero-order valence-electron chi connectivity index (χ0n) is 14.1. The molecular formula is C20H19N3O3. The number of benzene rings is 2. The van der Waals surface area contributed by atoms with Crippen LogP contribution in [-0.2, 0) is 4.74 Å². The Morgan fingerprint density at radius 2 is 1.92 bits per heavy atom. The summed E-state index contributed by atoms with van der Waals surface area (Å²) in [7, 11) is 0. The topological polar surface area (TPSA) is 76.4 Å². The second-order valence-corrected chi connectivity index (χ2v) is 6.04. The van der Waals surface area contributed by atoms with E-state index in [9.17, 15) is 4.79 Å². The van der Waals surface area contributed by atoms with Gasteiger partial charge in [0.2, 0.25) is 5.89 Å². The number of morpholine rings is 1. The molecule has 0 aliphatic carbocycles. The van der Waals surface area contributed by atoms with Crippen molar-refractivity contribution in [1.82, 2.24) is 10.3 Å². The SMILES string of the molecule is O=C(Nc1ccc([C@@H]2CNCCO2)cc1)c1coc(-c2ccccc2)n1. The summed E-state index contributed by atoms with van der Waals surface area (Å²) < 4.78 is 11.1. The van der Waals surface area contributed by atoms with Crippen LogP contribution in [0, 0.1) is 0 Å². The molecule has 1 amide bonds. The fourth-order valence-corrected chi connectivity index (χ4v) is 2.85. The van der Waals surface area contributed by atoms with Crippen molar-refractivity contribution in [3.8, 4) is 11.5 Å². The highest BCUT2D eigenvalue weighted by molar-refractivity contribution is 6.02. The van der Waals surface area contributed by atoms with Crippen LogP contribution in [0.5, 0.6) is 0 Å². The molecule has 26 heavy (non-hydrogen) atoms. The third kappa shape index (κ3) is 3.66. The zero-order chi connectivity index (χ0) is 17.8. The minimum atomic E-state index is -0.306. The molecule has 0 radical (unpaired) electrons. The van der Waals surface area contributed by atoms with Gasteiger partial charge in [-0.05, 0) is 29.8 Å². The second-order valence-electron chi connectivity index (χ2n) is 6.04. The van der Waals surface area contributed by atoms with Crippen LogP contribution in [0.1, 0.15) is 22.2 Å². The lowest BCUT2D eigenvalue weighted by atomic mass is 10.1. The zero-order valence-corrected chi connectivity index (χ0v) is 14.1. The van der Waals surface area contributed by atoms with E-state index in [1.165, 1.54) is 6.26 Å². The first-order chi connectivity index (χ1) is 12.8. The molecule has 0 saturated carbocycles. The van der Waals surface area contributed by atoms with E-state index in [0.29, 0.717) is 18.2 Å². The number of anilines is 1. The highest BCUT2D eigenvalue weighted by Crippen LogP contribution is 2.22. The number of amides is 1. The molecule has 0 spiro atoms. The number of aromatic nitrogens is 1. The van der Waals surface area contributed by atoms with Crippen molar-refractivity contribution in [2.75, 3.05) is 25.0 Å². The highest BCUT2D eigenvalue weighted by atomic mass is 16.5. The summed E-state index contributed by atoms with van der Waals surface area (Å²) in [6, 6.07) is 17.1. The minimum Gasteiger partial charge on any atom is -0.444 e. The van der Waals surface area contributed by atoms with Crippen LogP contribution in [0.4, 0.5) is 5.69 Å². The van der Waals surface area contributed by atoms with E-state index in [1.807, 2.05) is 54.6 Å². The quantitative estimate of drug-likeness (QED) is 0.756. The van der Waals surface area contributed by atoms with Crippen molar-refractivity contribution < 1.29 is 13.9 Å². The van der Waals surface area contributed by atoms with E-state index >= 15 is 0 Å². The molecule has 1 atom stereocenters. The summed E-state index contributed by atoms with van der Waals surface area (Å²) >= 11 is 0. The number of rotatable bonds is 4. The fourth-order valence-electron chi connectivity index (χ4n) is 2.85. The van der Waals surface area contributed by atoms with Gasteiger partial charge in [0.05, 0.1) is 12.7 Å². The van der Waals surface area contributed by atoms with Crippen molar-refractivity contribution in [3.05, 3.63) is 72.1 Å². The van der Waals surface area contributed by atoms with Gasteiger partial charge in [0.25, 0.3) is 5.91 Å². The standard InChI is InChI=1S/C20H19N3O3/c24-19(17-13-26-20(23-17)15-4-2-1-3-5-15)22-16-8-6-14(7-9-16)18-12-21-10-11-25-18/h1-9,13,18,21H,10-12H2,(H,22,24)/t18-/m0/s1. The van der Waals surface area contributed by atoms with Gasteiger partial charge >= 0.3 is 0 Å². The Balaban J connectivity index is 1.42. The third-order valence-corrected chi connectivity index (χ3v) is 4.23. The van der Waals surface area contributed by atoms with Crippen LogP contribution in [0.3, 0.4) is 0 Å². The van der Waals surface area contributed by atoms with Crippen molar-refractivity contribution in [1.29, 1.82) is 0 Å². The summed E-state index contributed by atoms with van der Waals surface area (Å²) in [5, 5.41) is 6.14. The van der Waals surface area contributed by atoms with E-state index in [2.05, 4.69) is 15.6 Å². The van der Waals surface area contributed by atoms with E-state index in [0.717, 1.165) is 24.2 Å². The maximum absolute atomic E-state index is 12.4. The van der Waals surface area contributed by atoms with Gasteiger partial charge < -0.3 is 19.8 Å². The monoisotopic (exact) mass is 349 g/mol. The van der Waals surface area contributed by atoms with Crippen molar-refractivity contribution in [3.63, 3.8) is 0 Å². The van der Waals surface area contributed by atoms with Gasteiger partial charge in [0.1, 0.15) is 6.26 Å². The maximum Gasteiger partial charge on any atom is 0.277 e. The van der Waals surface area contributed by atoms with E-state index in [1.54, 1.807) is 0 Å². The average molecular weight is 349 g/mol. The summed E-state index contributed by atoms with van der Waals surface area (Å²) in [5.41, 5.74) is 2.86. The highest BCUT2D eigenvalue weighted by Gasteiger charge is 2.16. The van der Waals surface area contributed by atoms with E-state index in [-0.39, 0.29) is 17.7 Å². The Morgan fingerprint density at radius 3 is 2.65 bits per heavy atom. The van der Waals surface area contributed by atoms with Gasteiger partial charge in [0, 0.05) is 24.3 Å². The van der Waals surface area contributed by atoms with Gasteiger partial charge in [-0.2, -0.15) is 0 Å². The number of carbonyl (C=O) groups excluding carboxylic acids is 1. The Hall–Kier alpha value is -2.96. The maximum atomic E-state index is 12.4. The molecule has 2 heterocycles. The first kappa shape index (κ1) is 16.5. The minimum absolute atomic E-state index is 0.0532. The van der Waals surface area contributed by atoms with E-state index < -0.39 is 0 Å². The van der Waals surface area contributed by atoms with Crippen molar-refractivity contribution in [2.45, 2.75) is 6.10 Å². The molecule has 0 unspecified atom stereocenters. The van der Waals surface area contributed by atoms with Crippen LogP contribution in [-0.4, -0.2) is 30.6 Å². The van der Waals surface area contributed by atoms with Gasteiger partial charge in [-0.15, -0.1) is 0 Å². The third-order valence-electron chi connectivity index (χ3n) is 4.23. The molecule has 1 fully saturated rings. The van der Waals surface area contributed by atoms with Crippen LogP contribution >= 0.6 is 0 Å². The number of ether oxygens (including phenoxy) is 1. The van der Waals surface area contributed by atoms with Gasteiger partial charge in [-0.3, -0.25) is 4.79 Å². The molecule has 132 valence electrons. The fraction of sp³-hybridized carbons (Fsp3) is 0.200. The van der Waals surface area contributed by atoms with Crippen LogP contribution < -0.4 is 10.6 Å². The Kier molecular flexibility index (Phi) is 4.77. The lowest BCUT2D eigenvalue weighted by Gasteiger charge is -2.24. The molecule has 3 aromatic rings. The van der Waals surface area contributed by atoms with Crippen LogP contribution in [0.2, 0.25) is 0 Å². The number of oxazole rings is 1. The number of carbonyl (C=O) groups is 1. The summed E-state index contributed by atoms with van der Waals surface area (Å²) in [5.74, 6) is 0.118. The molecule has 1 aromatic heterocycles. The molecular weight excluding hydrogens is 330 g/mol. The average Bonchev–Trinajstić information content (AvgIpc) is 3.20. The number of nitrogens with zero attached hydrogens (tertiary/aromatic N) is 1. The summed E-state index contributed by atoms with van der Waals surface area (Å²) in [6.07, 6.45) is 1.42. The predicted molar refractivity (Wildman–Crippen MR) is 97.9 cm³/mol. The number of hydrogen-bond donors (Lipinski definition) is 2. The van der Waals surface area contributed by atoms with Gasteiger partial charge in [-0.1, -0.05) is 30.3 Å². The first-order valence-electron chi connectivity index (χ1n) is 8.54. The molecule has 1 aliphatic rings. The summed E-state index contributed by atoms with van der Waals surface area (Å²) in [6.45, 7) is 2.39. The Bertz CT molecular complexity index is 869. The summed E-state index contributed by atoms with van der Waals surface area (Å²) in [4.78, 5) is 16.6. The Morgan fingerprint density at radius 1 is 1.12 bits per heavy atom. The van der Waals surface area contributed by atoms with Crippen molar-refractivity contribution in [2.24, 2.45) is 0 Å². The predicted octanol–water partition coefficient (Wildman–Crippen LogP) is 3.25. The van der Waals surface area contributed by atoms with E-state index in [4.69, 9.17) is 9.15 Å². The molecule has 2 aromatic carbocycles. The molecule has 6 nitrogen and oxygen atoms in total. The molecule has 1 saturated heterocycles. The normalized spacial score (nSPS) is 17.0. The van der Waals surface area contributed by atoms with Crippen molar-refractivity contribution >= 4 is 11.6 Å². The lowest BCUT2D eigenvalue weighted by Crippen LogP contribution is -2.33. The molecule has 2 N–H and O–H groups in total. The Labute approximate surface area is 151 Å². The number of hydrogen-bond acceptors (Lipinski definition) is 5. The second kappa shape index (κ2) is 7.51. The molecule has 4 rings (SSSR count). The number of nitrogens with one attached hydrogen (secondary N) is 2. The van der Waals surface area contributed by atoms with Gasteiger partial charge in [-0.25, -0.2) is 4.98 Å².